The molecule has 0 saturated carbocycles. The van der Waals surface area contributed by atoms with Crippen LogP contribution in [0.3, 0.4) is 0 Å². The van der Waals surface area contributed by atoms with E-state index in [1.165, 1.54) is 49.7 Å². The predicted molar refractivity (Wildman–Crippen MR) is 209 cm³/mol. The third kappa shape index (κ3) is 15.9. The summed E-state index contributed by atoms with van der Waals surface area (Å²) in [7, 11) is 0. The van der Waals surface area contributed by atoms with E-state index in [4.69, 9.17) is 0 Å². The molecule has 1 fully saturated rings. The van der Waals surface area contributed by atoms with E-state index in [1.54, 1.807) is 11.8 Å². The van der Waals surface area contributed by atoms with Crippen LogP contribution in [0.15, 0.2) is 72.8 Å². The highest BCUT2D eigenvalue weighted by Crippen LogP contribution is 2.30. The Morgan fingerprint density at radius 3 is 2.10 bits per heavy atom. The zero-order chi connectivity index (χ0) is 35.9. The van der Waals surface area contributed by atoms with E-state index in [-0.39, 0.29) is 5.91 Å². The number of hydrogen-bond acceptors (Lipinski definition) is 4. The van der Waals surface area contributed by atoms with Crippen LogP contribution in [-0.2, 0) is 11.3 Å². The molecule has 0 bridgehead atoms. The molecule has 0 aliphatic carbocycles. The van der Waals surface area contributed by atoms with Crippen molar-refractivity contribution < 1.29 is 14.7 Å². The Hall–Kier alpha value is -3.09. The number of nitrogens with one attached hydrogen (secondary N) is 1. The molecule has 1 amide bonds. The topological polar surface area (TPSA) is 69.6 Å². The zero-order valence-corrected chi connectivity index (χ0v) is 32.2. The highest BCUT2D eigenvalue weighted by molar-refractivity contribution is 7.98. The van der Waals surface area contributed by atoms with Crippen molar-refractivity contribution in [3.05, 3.63) is 95.1 Å². The first-order valence-corrected chi connectivity index (χ1v) is 19.5. The molecule has 1 unspecified atom stereocenters. The molecule has 0 radical (unpaired) electrons. The Kier molecular flexibility index (Phi) is 22.3. The number of nitrogens with zero attached hydrogens (tertiary/aromatic N) is 1. The van der Waals surface area contributed by atoms with Crippen molar-refractivity contribution in [2.24, 2.45) is 5.92 Å². The molecular formula is C42H64N2O3S. The third-order valence-corrected chi connectivity index (χ3v) is 8.93. The number of aliphatic carboxylic acids is 1. The van der Waals surface area contributed by atoms with Gasteiger partial charge in [0.05, 0.1) is 0 Å². The van der Waals surface area contributed by atoms with Gasteiger partial charge in [-0.05, 0) is 98.4 Å². The first-order chi connectivity index (χ1) is 23.1. The summed E-state index contributed by atoms with van der Waals surface area (Å²) in [5.74, 6) is 0.242. The first-order valence-electron chi connectivity index (χ1n) is 18.1. The van der Waals surface area contributed by atoms with Gasteiger partial charge in [-0.25, -0.2) is 4.79 Å². The van der Waals surface area contributed by atoms with E-state index in [1.807, 2.05) is 81.6 Å². The van der Waals surface area contributed by atoms with Crippen LogP contribution in [0.25, 0.3) is 11.1 Å². The third-order valence-electron chi connectivity index (χ3n) is 8.29. The predicted octanol–water partition coefficient (Wildman–Crippen LogP) is 10.8. The molecule has 4 rings (SSSR count). The van der Waals surface area contributed by atoms with Crippen LogP contribution in [0.5, 0.6) is 0 Å². The second-order valence-corrected chi connectivity index (χ2v) is 13.7. The maximum Gasteiger partial charge on any atom is 0.326 e. The van der Waals surface area contributed by atoms with Gasteiger partial charge in [-0.15, -0.1) is 0 Å². The smallest absolute Gasteiger partial charge is 0.326 e. The second kappa shape index (κ2) is 25.0. The van der Waals surface area contributed by atoms with Gasteiger partial charge in [0.25, 0.3) is 5.91 Å². The quantitative estimate of drug-likeness (QED) is 0.189. The summed E-state index contributed by atoms with van der Waals surface area (Å²) in [6, 6.07) is 24.1. The average Bonchev–Trinajstić information content (AvgIpc) is 3.51. The summed E-state index contributed by atoms with van der Waals surface area (Å²) < 4.78 is 0. The minimum atomic E-state index is -0.998. The maximum atomic E-state index is 13.2. The van der Waals surface area contributed by atoms with Crippen molar-refractivity contribution >= 4 is 23.6 Å². The lowest BCUT2D eigenvalue weighted by Crippen LogP contribution is -2.41. The number of amides is 1. The second-order valence-electron chi connectivity index (χ2n) is 12.7. The molecule has 3 aromatic rings. The summed E-state index contributed by atoms with van der Waals surface area (Å²) in [4.78, 5) is 27.5. The number of carboxylic acid groups (broad SMARTS) is 1. The molecule has 1 aliphatic rings. The molecule has 1 saturated heterocycles. The van der Waals surface area contributed by atoms with Crippen molar-refractivity contribution in [3.63, 3.8) is 0 Å². The summed E-state index contributed by atoms with van der Waals surface area (Å²) in [5, 5.41) is 12.3. The number of aryl methyl sites for hydroxylation is 2. The molecule has 266 valence electrons. The van der Waals surface area contributed by atoms with Crippen molar-refractivity contribution in [1.82, 2.24) is 10.2 Å². The first kappa shape index (κ1) is 42.9. The van der Waals surface area contributed by atoms with Crippen LogP contribution in [0.1, 0.15) is 114 Å². The summed E-state index contributed by atoms with van der Waals surface area (Å²) >= 11 is 1.57. The molecule has 1 aliphatic heterocycles. The van der Waals surface area contributed by atoms with Crippen LogP contribution in [0, 0.1) is 19.8 Å². The number of hydrogen-bond donors (Lipinski definition) is 2. The summed E-state index contributed by atoms with van der Waals surface area (Å²) in [6.07, 6.45) is 9.94. The van der Waals surface area contributed by atoms with E-state index in [2.05, 4.69) is 63.0 Å². The molecule has 2 N–H and O–H groups in total. The van der Waals surface area contributed by atoms with Crippen molar-refractivity contribution in [2.45, 2.75) is 119 Å². The Morgan fingerprint density at radius 2 is 1.58 bits per heavy atom. The highest BCUT2D eigenvalue weighted by atomic mass is 32.2. The van der Waals surface area contributed by atoms with Gasteiger partial charge in [0.1, 0.15) is 6.04 Å². The molecular weight excluding hydrogens is 613 g/mol. The Labute approximate surface area is 297 Å². The molecule has 5 nitrogen and oxygen atoms in total. The minimum Gasteiger partial charge on any atom is -0.480 e. The Morgan fingerprint density at radius 1 is 0.917 bits per heavy atom. The molecule has 0 aromatic heterocycles. The van der Waals surface area contributed by atoms with Crippen LogP contribution in [-0.4, -0.2) is 52.5 Å². The number of thioether (sulfide) groups is 1. The lowest BCUT2D eigenvalue weighted by atomic mass is 9.93. The maximum absolute atomic E-state index is 13.2. The molecule has 1 heterocycles. The molecule has 0 spiro atoms. The van der Waals surface area contributed by atoms with Crippen LogP contribution >= 0.6 is 11.8 Å². The average molecular weight is 677 g/mol. The molecule has 3 aromatic carbocycles. The fraction of sp³-hybridized carbons (Fsp3) is 0.524. The largest absolute Gasteiger partial charge is 0.480 e. The van der Waals surface area contributed by atoms with Crippen LogP contribution < -0.4 is 5.32 Å². The highest BCUT2D eigenvalue weighted by Gasteiger charge is 2.25. The fourth-order valence-electron chi connectivity index (χ4n) is 5.82. The van der Waals surface area contributed by atoms with Gasteiger partial charge in [-0.1, -0.05) is 127 Å². The van der Waals surface area contributed by atoms with E-state index in [9.17, 15) is 14.7 Å². The number of rotatable bonds is 13. The van der Waals surface area contributed by atoms with E-state index in [0.717, 1.165) is 35.7 Å². The number of likely N-dealkylation sites (tertiary alicyclic amines) is 1. The number of carbonyl (C=O) groups is 2. The van der Waals surface area contributed by atoms with Gasteiger partial charge in [0.15, 0.2) is 0 Å². The molecule has 2 atom stereocenters. The standard InChI is InChI=1S/C27H36N2O3S.C7H8.C6H14.C2H6/c1-4-8-21-10-7-15-29(21)18-20-12-13-23(24(17-20)22-11-6-5-9-19(22)2)26(30)28-25(27(31)32)14-16-33-3;1-7-5-3-2-4-6-7;1-4-5-6(2)3;1-2/h5-6,9,11-13,17,21,25H,4,7-8,10,14-16,18H2,1-3H3,(H,28,30)(H,31,32);2-6H,1H3;6H,4-5H2,1-3H3;1-2H3/t21-,25?;;;/m0.../s1. The van der Waals surface area contributed by atoms with Gasteiger partial charge in [-0.2, -0.15) is 11.8 Å². The summed E-state index contributed by atoms with van der Waals surface area (Å²) in [6.45, 7) is 19.1. The van der Waals surface area contributed by atoms with Gasteiger partial charge in [0.2, 0.25) is 0 Å². The number of carboxylic acids is 1. The van der Waals surface area contributed by atoms with E-state index in [0.29, 0.717) is 23.8 Å². The number of carbonyl (C=O) groups excluding carboxylic acids is 1. The van der Waals surface area contributed by atoms with Gasteiger partial charge in [-0.3, -0.25) is 9.69 Å². The molecule has 48 heavy (non-hydrogen) atoms. The lowest BCUT2D eigenvalue weighted by molar-refractivity contribution is -0.139. The van der Waals surface area contributed by atoms with Crippen molar-refractivity contribution in [1.29, 1.82) is 0 Å². The molecule has 6 heteroatoms. The van der Waals surface area contributed by atoms with Gasteiger partial charge in [0, 0.05) is 18.2 Å². The lowest BCUT2D eigenvalue weighted by Gasteiger charge is -2.25. The summed E-state index contributed by atoms with van der Waals surface area (Å²) in [5.41, 5.74) is 5.99. The van der Waals surface area contributed by atoms with Crippen molar-refractivity contribution in [2.75, 3.05) is 18.6 Å². The zero-order valence-electron chi connectivity index (χ0n) is 31.4. The van der Waals surface area contributed by atoms with E-state index < -0.39 is 12.0 Å². The van der Waals surface area contributed by atoms with E-state index >= 15 is 0 Å². The van der Waals surface area contributed by atoms with Crippen LogP contribution in [0.4, 0.5) is 0 Å². The normalized spacial score (nSPS) is 14.4. The number of benzene rings is 3. The Bertz CT molecular complexity index is 1310. The fourth-order valence-corrected chi connectivity index (χ4v) is 6.30. The minimum absolute atomic E-state index is 0.335. The monoisotopic (exact) mass is 676 g/mol. The Balaban J connectivity index is 0.000000635. The van der Waals surface area contributed by atoms with Gasteiger partial charge < -0.3 is 10.4 Å². The van der Waals surface area contributed by atoms with Crippen molar-refractivity contribution in [3.8, 4) is 11.1 Å². The van der Waals surface area contributed by atoms with Gasteiger partial charge >= 0.3 is 5.97 Å². The van der Waals surface area contributed by atoms with Crippen LogP contribution in [0.2, 0.25) is 0 Å². The SMILES string of the molecule is CC.CCCC(C)C.CCC[C@H]1CCCN1Cc1ccc(C(=O)NC(CCSC)C(=O)O)c(-c2ccccc2C)c1.Cc1ccccc1.